The lowest BCUT2D eigenvalue weighted by Gasteiger charge is -2.34. The van der Waals surface area contributed by atoms with Crippen molar-refractivity contribution in [1.29, 1.82) is 0 Å². The van der Waals surface area contributed by atoms with Crippen molar-refractivity contribution in [2.75, 3.05) is 0 Å². The van der Waals surface area contributed by atoms with Crippen molar-refractivity contribution >= 4 is 11.9 Å². The average molecular weight is 186 g/mol. The molecule has 0 aliphatic heterocycles. The predicted octanol–water partition coefficient (Wildman–Crippen LogP) is 1.35. The van der Waals surface area contributed by atoms with Crippen molar-refractivity contribution < 1.29 is 19.8 Å². The van der Waals surface area contributed by atoms with E-state index in [0.29, 0.717) is 12.8 Å². The van der Waals surface area contributed by atoms with E-state index in [1.165, 1.54) is 6.92 Å². The third-order valence-corrected chi connectivity index (χ3v) is 2.99. The van der Waals surface area contributed by atoms with Crippen molar-refractivity contribution in [1.82, 2.24) is 0 Å². The van der Waals surface area contributed by atoms with Crippen molar-refractivity contribution in [2.24, 2.45) is 11.3 Å². The fraction of sp³-hybridized carbons (Fsp3) is 0.778. The minimum Gasteiger partial charge on any atom is -0.481 e. The second-order valence-corrected chi connectivity index (χ2v) is 3.86. The SMILES string of the molecule is C[C@@]1(C(=O)O)CCCC[C@H]1C(=O)O. The Kier molecular flexibility index (Phi) is 2.59. The van der Waals surface area contributed by atoms with Crippen LogP contribution in [0.15, 0.2) is 0 Å². The molecule has 0 unspecified atom stereocenters. The van der Waals surface area contributed by atoms with Gasteiger partial charge in [-0.3, -0.25) is 9.59 Å². The van der Waals surface area contributed by atoms with E-state index in [1.54, 1.807) is 0 Å². The van der Waals surface area contributed by atoms with E-state index in [0.717, 1.165) is 12.8 Å². The molecule has 0 radical (unpaired) electrons. The summed E-state index contributed by atoms with van der Waals surface area (Å²) in [6.45, 7) is 1.54. The topological polar surface area (TPSA) is 74.6 Å². The molecule has 1 fully saturated rings. The van der Waals surface area contributed by atoms with Crippen LogP contribution in [0.2, 0.25) is 0 Å². The summed E-state index contributed by atoms with van der Waals surface area (Å²) in [5, 5.41) is 17.8. The van der Waals surface area contributed by atoms with E-state index in [1.807, 2.05) is 0 Å². The van der Waals surface area contributed by atoms with Crippen LogP contribution < -0.4 is 0 Å². The highest BCUT2D eigenvalue weighted by Crippen LogP contribution is 2.41. The molecular formula is C9H14O4. The maximum absolute atomic E-state index is 10.9. The molecule has 4 nitrogen and oxygen atoms in total. The molecule has 0 aromatic carbocycles. The number of aliphatic carboxylic acids is 2. The fourth-order valence-electron chi connectivity index (χ4n) is 1.99. The Morgan fingerprint density at radius 3 is 2.31 bits per heavy atom. The lowest BCUT2D eigenvalue weighted by molar-refractivity contribution is -0.164. The molecule has 2 atom stereocenters. The zero-order valence-electron chi connectivity index (χ0n) is 7.62. The van der Waals surface area contributed by atoms with Gasteiger partial charge in [-0.15, -0.1) is 0 Å². The molecule has 0 heterocycles. The van der Waals surface area contributed by atoms with Gasteiger partial charge in [0.05, 0.1) is 11.3 Å². The van der Waals surface area contributed by atoms with Gasteiger partial charge in [0.2, 0.25) is 0 Å². The second kappa shape index (κ2) is 3.36. The molecule has 74 valence electrons. The number of hydrogen-bond acceptors (Lipinski definition) is 2. The number of hydrogen-bond donors (Lipinski definition) is 2. The lowest BCUT2D eigenvalue weighted by Crippen LogP contribution is -2.42. The Morgan fingerprint density at radius 2 is 1.92 bits per heavy atom. The highest BCUT2D eigenvalue weighted by molar-refractivity contribution is 5.83. The van der Waals surface area contributed by atoms with Crippen molar-refractivity contribution in [3.05, 3.63) is 0 Å². The first-order valence-corrected chi connectivity index (χ1v) is 4.44. The summed E-state index contributed by atoms with van der Waals surface area (Å²) in [5.74, 6) is -2.69. The molecule has 1 saturated carbocycles. The van der Waals surface area contributed by atoms with Gasteiger partial charge in [0, 0.05) is 0 Å². The van der Waals surface area contributed by atoms with Gasteiger partial charge in [-0.2, -0.15) is 0 Å². The minimum atomic E-state index is -1.07. The Balaban J connectivity index is 2.89. The number of carboxylic acids is 2. The van der Waals surface area contributed by atoms with Crippen molar-refractivity contribution in [3.8, 4) is 0 Å². The number of rotatable bonds is 2. The molecule has 1 aliphatic rings. The van der Waals surface area contributed by atoms with E-state index in [4.69, 9.17) is 10.2 Å². The van der Waals surface area contributed by atoms with Gasteiger partial charge < -0.3 is 10.2 Å². The average Bonchev–Trinajstić information content (AvgIpc) is 2.04. The summed E-state index contributed by atoms with van der Waals surface area (Å²) in [6, 6.07) is 0. The van der Waals surface area contributed by atoms with Crippen LogP contribution in [0.4, 0.5) is 0 Å². The van der Waals surface area contributed by atoms with Gasteiger partial charge in [-0.25, -0.2) is 0 Å². The molecule has 0 aromatic heterocycles. The summed E-state index contributed by atoms with van der Waals surface area (Å²) in [4.78, 5) is 21.7. The quantitative estimate of drug-likeness (QED) is 0.682. The van der Waals surface area contributed by atoms with Gasteiger partial charge in [0.1, 0.15) is 0 Å². The van der Waals surface area contributed by atoms with E-state index < -0.39 is 23.3 Å². The molecule has 0 spiro atoms. The van der Waals surface area contributed by atoms with Crippen LogP contribution in [0.25, 0.3) is 0 Å². The van der Waals surface area contributed by atoms with E-state index in [-0.39, 0.29) is 0 Å². The first kappa shape index (κ1) is 10.0. The van der Waals surface area contributed by atoms with E-state index in [2.05, 4.69) is 0 Å². The van der Waals surface area contributed by atoms with Crippen LogP contribution in [0.5, 0.6) is 0 Å². The molecule has 0 amide bonds. The molecule has 1 rings (SSSR count). The van der Waals surface area contributed by atoms with Crippen LogP contribution in [-0.4, -0.2) is 22.2 Å². The molecule has 1 aliphatic carbocycles. The van der Waals surface area contributed by atoms with Crippen LogP contribution in [0.3, 0.4) is 0 Å². The van der Waals surface area contributed by atoms with Crippen LogP contribution in [0.1, 0.15) is 32.6 Å². The molecule has 4 heteroatoms. The third-order valence-electron chi connectivity index (χ3n) is 2.99. The zero-order valence-corrected chi connectivity index (χ0v) is 7.62. The molecule has 0 aromatic rings. The fourth-order valence-corrected chi connectivity index (χ4v) is 1.99. The predicted molar refractivity (Wildman–Crippen MR) is 45.3 cm³/mol. The molecule has 0 bridgehead atoms. The Bertz CT molecular complexity index is 236. The molecular weight excluding hydrogens is 172 g/mol. The Morgan fingerprint density at radius 1 is 1.31 bits per heavy atom. The minimum absolute atomic E-state index is 0.472. The molecule has 0 saturated heterocycles. The molecule has 13 heavy (non-hydrogen) atoms. The Labute approximate surface area is 76.6 Å². The van der Waals surface area contributed by atoms with Gasteiger partial charge >= 0.3 is 11.9 Å². The summed E-state index contributed by atoms with van der Waals surface area (Å²) < 4.78 is 0. The summed E-state index contributed by atoms with van der Waals surface area (Å²) in [5.41, 5.74) is -1.07. The first-order chi connectivity index (χ1) is 5.98. The normalized spacial score (nSPS) is 34.1. The highest BCUT2D eigenvalue weighted by Gasteiger charge is 2.46. The maximum Gasteiger partial charge on any atom is 0.310 e. The Hall–Kier alpha value is -1.06. The summed E-state index contributed by atoms with van der Waals surface area (Å²) in [7, 11) is 0. The smallest absolute Gasteiger partial charge is 0.310 e. The van der Waals surface area contributed by atoms with E-state index >= 15 is 0 Å². The summed E-state index contributed by atoms with van der Waals surface area (Å²) in [6.07, 6.45) is 2.59. The monoisotopic (exact) mass is 186 g/mol. The van der Waals surface area contributed by atoms with Gasteiger partial charge in [0.15, 0.2) is 0 Å². The van der Waals surface area contributed by atoms with Gasteiger partial charge in [0.25, 0.3) is 0 Å². The van der Waals surface area contributed by atoms with Crippen molar-refractivity contribution in [2.45, 2.75) is 32.6 Å². The summed E-state index contributed by atoms with van der Waals surface area (Å²) >= 11 is 0. The largest absolute Gasteiger partial charge is 0.481 e. The van der Waals surface area contributed by atoms with E-state index in [9.17, 15) is 9.59 Å². The lowest BCUT2D eigenvalue weighted by atomic mass is 9.67. The highest BCUT2D eigenvalue weighted by atomic mass is 16.4. The van der Waals surface area contributed by atoms with Gasteiger partial charge in [-0.1, -0.05) is 12.8 Å². The first-order valence-electron chi connectivity index (χ1n) is 4.44. The van der Waals surface area contributed by atoms with Crippen LogP contribution in [0, 0.1) is 11.3 Å². The third kappa shape index (κ3) is 1.66. The van der Waals surface area contributed by atoms with Gasteiger partial charge in [-0.05, 0) is 19.8 Å². The van der Waals surface area contributed by atoms with Crippen molar-refractivity contribution in [3.63, 3.8) is 0 Å². The maximum atomic E-state index is 10.9. The number of carbonyl (C=O) groups is 2. The van der Waals surface area contributed by atoms with Crippen LogP contribution in [-0.2, 0) is 9.59 Å². The number of carboxylic acid groups (broad SMARTS) is 2. The molecule has 2 N–H and O–H groups in total. The second-order valence-electron chi connectivity index (χ2n) is 3.86. The zero-order chi connectivity index (χ0) is 10.1. The van der Waals surface area contributed by atoms with Crippen LogP contribution >= 0.6 is 0 Å². The standard InChI is InChI=1S/C9H14O4/c1-9(8(12)13)5-3-2-4-6(9)7(10)11/h6H,2-5H2,1H3,(H,10,11)(H,12,13)/t6-,9+/m0/s1.